The molecule has 1 unspecified atom stereocenters. The summed E-state index contributed by atoms with van der Waals surface area (Å²) in [5, 5.41) is 11.9. The molecule has 1 rings (SSSR count). The van der Waals surface area contributed by atoms with Crippen molar-refractivity contribution >= 4 is 27.7 Å². The van der Waals surface area contributed by atoms with Crippen molar-refractivity contribution in [1.29, 1.82) is 0 Å². The third kappa shape index (κ3) is 3.46. The van der Waals surface area contributed by atoms with Crippen molar-refractivity contribution in [2.24, 2.45) is 0 Å². The molecule has 0 aliphatic rings. The number of hydrogen-bond donors (Lipinski definition) is 2. The number of carboxylic acids is 1. The standard InChI is InChI=1S/C10H13BrN2O3/c1-6(16-2)4-12-9-8(10(14)15)3-7(11)5-13-9/h3,5-6H,4H2,1-2H3,(H,12,13)(H,14,15). The van der Waals surface area contributed by atoms with Gasteiger partial charge in [-0.1, -0.05) is 0 Å². The van der Waals surface area contributed by atoms with Gasteiger partial charge >= 0.3 is 5.97 Å². The van der Waals surface area contributed by atoms with Gasteiger partial charge in [0.25, 0.3) is 0 Å². The molecule has 0 spiro atoms. The maximum absolute atomic E-state index is 11.0. The highest BCUT2D eigenvalue weighted by Gasteiger charge is 2.12. The number of carbonyl (C=O) groups is 1. The van der Waals surface area contributed by atoms with E-state index in [-0.39, 0.29) is 11.7 Å². The third-order valence-electron chi connectivity index (χ3n) is 2.04. The highest BCUT2D eigenvalue weighted by Crippen LogP contribution is 2.18. The van der Waals surface area contributed by atoms with Gasteiger partial charge in [0.15, 0.2) is 0 Å². The smallest absolute Gasteiger partial charge is 0.339 e. The number of rotatable bonds is 5. The van der Waals surface area contributed by atoms with E-state index in [9.17, 15) is 4.79 Å². The summed E-state index contributed by atoms with van der Waals surface area (Å²) in [6.07, 6.45) is 1.54. The number of nitrogens with zero attached hydrogens (tertiary/aromatic N) is 1. The topological polar surface area (TPSA) is 71.5 Å². The van der Waals surface area contributed by atoms with Gasteiger partial charge in [-0.05, 0) is 28.9 Å². The minimum Gasteiger partial charge on any atom is -0.478 e. The Hall–Kier alpha value is -1.14. The highest BCUT2D eigenvalue weighted by molar-refractivity contribution is 9.10. The number of aromatic nitrogens is 1. The first-order chi connectivity index (χ1) is 7.54. The van der Waals surface area contributed by atoms with Crippen LogP contribution in [0.5, 0.6) is 0 Å². The van der Waals surface area contributed by atoms with E-state index in [1.807, 2.05) is 6.92 Å². The average Bonchev–Trinajstić information content (AvgIpc) is 2.26. The lowest BCUT2D eigenvalue weighted by Crippen LogP contribution is -2.20. The van der Waals surface area contributed by atoms with Crippen LogP contribution in [0.15, 0.2) is 16.7 Å². The quantitative estimate of drug-likeness (QED) is 0.867. The molecular formula is C10H13BrN2O3. The molecule has 0 saturated heterocycles. The van der Waals surface area contributed by atoms with E-state index >= 15 is 0 Å². The van der Waals surface area contributed by atoms with Gasteiger partial charge in [-0.25, -0.2) is 9.78 Å². The number of aromatic carboxylic acids is 1. The number of halogens is 1. The van der Waals surface area contributed by atoms with Gasteiger partial charge in [0.1, 0.15) is 11.4 Å². The normalized spacial score (nSPS) is 12.2. The predicted octanol–water partition coefficient (Wildman–Crippen LogP) is 1.99. The molecule has 0 aliphatic carbocycles. The van der Waals surface area contributed by atoms with Crippen molar-refractivity contribution in [3.8, 4) is 0 Å². The lowest BCUT2D eigenvalue weighted by atomic mass is 10.2. The number of nitrogens with one attached hydrogen (secondary N) is 1. The predicted molar refractivity (Wildman–Crippen MR) is 63.9 cm³/mol. The molecule has 0 fully saturated rings. The molecule has 0 amide bonds. The molecule has 5 nitrogen and oxygen atoms in total. The number of hydrogen-bond acceptors (Lipinski definition) is 4. The fraction of sp³-hybridized carbons (Fsp3) is 0.400. The van der Waals surface area contributed by atoms with Crippen molar-refractivity contribution in [2.75, 3.05) is 19.0 Å². The molecule has 6 heteroatoms. The molecule has 1 heterocycles. The van der Waals surface area contributed by atoms with Gasteiger partial charge in [-0.15, -0.1) is 0 Å². The SMILES string of the molecule is COC(C)CNc1ncc(Br)cc1C(=O)O. The Morgan fingerprint density at radius 3 is 3.00 bits per heavy atom. The van der Waals surface area contributed by atoms with Crippen LogP contribution in [0.4, 0.5) is 5.82 Å². The van der Waals surface area contributed by atoms with Gasteiger partial charge in [-0.2, -0.15) is 0 Å². The minimum atomic E-state index is -1.01. The lowest BCUT2D eigenvalue weighted by Gasteiger charge is -2.12. The summed E-state index contributed by atoms with van der Waals surface area (Å²) < 4.78 is 5.68. The van der Waals surface area contributed by atoms with E-state index in [2.05, 4.69) is 26.2 Å². The summed E-state index contributed by atoms with van der Waals surface area (Å²) in [5.41, 5.74) is 0.137. The Morgan fingerprint density at radius 1 is 1.75 bits per heavy atom. The van der Waals surface area contributed by atoms with Crippen LogP contribution < -0.4 is 5.32 Å². The Kier molecular flexibility index (Phi) is 4.70. The largest absolute Gasteiger partial charge is 0.478 e. The number of ether oxygens (including phenoxy) is 1. The molecule has 1 aromatic rings. The molecular weight excluding hydrogens is 276 g/mol. The fourth-order valence-electron chi connectivity index (χ4n) is 1.07. The summed E-state index contributed by atoms with van der Waals surface area (Å²) in [6, 6.07) is 1.51. The molecule has 0 saturated carbocycles. The van der Waals surface area contributed by atoms with Crippen molar-refractivity contribution in [2.45, 2.75) is 13.0 Å². The Bertz CT molecular complexity index is 384. The molecule has 1 atom stereocenters. The van der Waals surface area contributed by atoms with E-state index in [1.54, 1.807) is 13.3 Å². The molecule has 1 aromatic heterocycles. The van der Waals surface area contributed by atoms with Crippen molar-refractivity contribution in [3.05, 3.63) is 22.3 Å². The Labute approximate surface area is 102 Å². The van der Waals surface area contributed by atoms with E-state index < -0.39 is 5.97 Å². The number of methoxy groups -OCH3 is 1. The summed E-state index contributed by atoms with van der Waals surface area (Å²) in [6.45, 7) is 2.39. The maximum Gasteiger partial charge on any atom is 0.339 e. The van der Waals surface area contributed by atoms with E-state index in [0.29, 0.717) is 16.8 Å². The van der Waals surface area contributed by atoms with E-state index in [4.69, 9.17) is 9.84 Å². The molecule has 0 radical (unpaired) electrons. The zero-order valence-electron chi connectivity index (χ0n) is 9.03. The van der Waals surface area contributed by atoms with Crippen LogP contribution in [-0.4, -0.2) is 35.8 Å². The molecule has 0 aliphatic heterocycles. The second-order valence-corrected chi connectivity index (χ2v) is 4.20. The third-order valence-corrected chi connectivity index (χ3v) is 2.48. The number of pyridine rings is 1. The highest BCUT2D eigenvalue weighted by atomic mass is 79.9. The monoisotopic (exact) mass is 288 g/mol. The van der Waals surface area contributed by atoms with Crippen molar-refractivity contribution in [1.82, 2.24) is 4.98 Å². The minimum absolute atomic E-state index is 0.00732. The van der Waals surface area contributed by atoms with E-state index in [1.165, 1.54) is 6.07 Å². The molecule has 2 N–H and O–H groups in total. The van der Waals surface area contributed by atoms with Crippen LogP contribution in [0, 0.1) is 0 Å². The van der Waals surface area contributed by atoms with Crippen molar-refractivity contribution in [3.63, 3.8) is 0 Å². The summed E-state index contributed by atoms with van der Waals surface area (Å²) >= 11 is 3.18. The van der Waals surface area contributed by atoms with Crippen LogP contribution >= 0.6 is 15.9 Å². The van der Waals surface area contributed by atoms with Gasteiger partial charge in [-0.3, -0.25) is 0 Å². The average molecular weight is 289 g/mol. The summed E-state index contributed by atoms with van der Waals surface area (Å²) in [5.74, 6) is -0.666. The first-order valence-corrected chi connectivity index (χ1v) is 5.49. The number of carboxylic acid groups (broad SMARTS) is 1. The first kappa shape index (κ1) is 12.9. The summed E-state index contributed by atoms with van der Waals surface area (Å²) in [4.78, 5) is 15.0. The molecule has 0 aromatic carbocycles. The van der Waals surface area contributed by atoms with Crippen LogP contribution in [0.1, 0.15) is 17.3 Å². The lowest BCUT2D eigenvalue weighted by molar-refractivity contribution is 0.0697. The molecule has 0 bridgehead atoms. The molecule has 88 valence electrons. The van der Waals surface area contributed by atoms with Crippen LogP contribution in [-0.2, 0) is 4.74 Å². The maximum atomic E-state index is 11.0. The Morgan fingerprint density at radius 2 is 2.44 bits per heavy atom. The number of anilines is 1. The van der Waals surface area contributed by atoms with Gasteiger partial charge in [0.05, 0.1) is 6.10 Å². The van der Waals surface area contributed by atoms with Crippen LogP contribution in [0.2, 0.25) is 0 Å². The summed E-state index contributed by atoms with van der Waals surface area (Å²) in [7, 11) is 1.60. The van der Waals surface area contributed by atoms with Crippen LogP contribution in [0.3, 0.4) is 0 Å². The molecule has 16 heavy (non-hydrogen) atoms. The zero-order chi connectivity index (χ0) is 12.1. The second kappa shape index (κ2) is 5.81. The fourth-order valence-corrected chi connectivity index (χ4v) is 1.40. The first-order valence-electron chi connectivity index (χ1n) is 4.70. The van der Waals surface area contributed by atoms with Gasteiger partial charge in [0.2, 0.25) is 0 Å². The van der Waals surface area contributed by atoms with Crippen LogP contribution in [0.25, 0.3) is 0 Å². The second-order valence-electron chi connectivity index (χ2n) is 3.28. The van der Waals surface area contributed by atoms with Gasteiger partial charge < -0.3 is 15.2 Å². The van der Waals surface area contributed by atoms with Gasteiger partial charge in [0, 0.05) is 24.3 Å². The van der Waals surface area contributed by atoms with Crippen molar-refractivity contribution < 1.29 is 14.6 Å². The zero-order valence-corrected chi connectivity index (χ0v) is 10.6. The van der Waals surface area contributed by atoms with E-state index in [0.717, 1.165) is 0 Å². The Balaban J connectivity index is 2.82.